The molecule has 5 nitrogen and oxygen atoms in total. The van der Waals surface area contributed by atoms with E-state index in [-0.39, 0.29) is 12.5 Å². The predicted octanol–water partition coefficient (Wildman–Crippen LogP) is 3.66. The molecule has 0 aliphatic rings. The molecular formula is C21H28N2O3S. The first-order valence-corrected chi connectivity index (χ1v) is 10.8. The molecule has 0 aromatic heterocycles. The van der Waals surface area contributed by atoms with Gasteiger partial charge in [-0.3, -0.25) is 9.10 Å². The molecule has 0 heterocycles. The van der Waals surface area contributed by atoms with Crippen molar-refractivity contribution in [3.8, 4) is 0 Å². The van der Waals surface area contributed by atoms with E-state index in [1.165, 1.54) is 10.6 Å². The Morgan fingerprint density at radius 3 is 2.19 bits per heavy atom. The van der Waals surface area contributed by atoms with E-state index in [1.807, 2.05) is 45.9 Å². The zero-order valence-electron chi connectivity index (χ0n) is 16.6. The predicted molar refractivity (Wildman–Crippen MR) is 111 cm³/mol. The van der Waals surface area contributed by atoms with Crippen LogP contribution in [0.5, 0.6) is 0 Å². The van der Waals surface area contributed by atoms with E-state index in [0.717, 1.165) is 16.7 Å². The number of nitrogens with zero attached hydrogens (tertiary/aromatic N) is 1. The largest absolute Gasteiger partial charge is 0.352 e. The molecule has 0 fully saturated rings. The molecule has 2 aromatic rings. The fourth-order valence-electron chi connectivity index (χ4n) is 2.61. The van der Waals surface area contributed by atoms with Crippen molar-refractivity contribution in [3.05, 3.63) is 64.7 Å². The Morgan fingerprint density at radius 1 is 1.04 bits per heavy atom. The van der Waals surface area contributed by atoms with E-state index < -0.39 is 10.0 Å². The number of aryl methyl sites for hydroxylation is 2. The van der Waals surface area contributed by atoms with Crippen LogP contribution in [0.2, 0.25) is 0 Å². The molecule has 1 amide bonds. The number of anilines is 1. The maximum absolute atomic E-state index is 12.3. The van der Waals surface area contributed by atoms with Gasteiger partial charge in [0.25, 0.3) is 5.91 Å². The summed E-state index contributed by atoms with van der Waals surface area (Å²) >= 11 is 0. The average Bonchev–Trinajstić information content (AvgIpc) is 2.59. The molecule has 1 N–H and O–H groups in total. The summed E-state index contributed by atoms with van der Waals surface area (Å²) in [6, 6.07) is 12.7. The summed E-state index contributed by atoms with van der Waals surface area (Å²) in [6.45, 7) is 8.87. The third kappa shape index (κ3) is 5.82. The highest BCUT2D eigenvalue weighted by molar-refractivity contribution is 7.92. The van der Waals surface area contributed by atoms with E-state index in [9.17, 15) is 13.2 Å². The van der Waals surface area contributed by atoms with Crippen molar-refractivity contribution in [3.63, 3.8) is 0 Å². The van der Waals surface area contributed by atoms with Crippen molar-refractivity contribution >= 4 is 21.6 Å². The minimum absolute atomic E-state index is 0.121. The van der Waals surface area contributed by atoms with E-state index in [4.69, 9.17) is 0 Å². The molecular weight excluding hydrogens is 360 g/mol. The second kappa shape index (κ2) is 8.57. The van der Waals surface area contributed by atoms with Gasteiger partial charge in [-0.15, -0.1) is 0 Å². The molecule has 0 aliphatic carbocycles. The van der Waals surface area contributed by atoms with Gasteiger partial charge in [0.1, 0.15) is 0 Å². The lowest BCUT2D eigenvalue weighted by Crippen LogP contribution is -2.29. The van der Waals surface area contributed by atoms with E-state index in [2.05, 4.69) is 5.32 Å². The molecule has 0 atom stereocenters. The molecule has 0 radical (unpaired) electrons. The van der Waals surface area contributed by atoms with E-state index in [0.29, 0.717) is 23.7 Å². The zero-order chi connectivity index (χ0) is 20.2. The zero-order valence-corrected chi connectivity index (χ0v) is 17.4. The second-order valence-electron chi connectivity index (χ2n) is 7.34. The summed E-state index contributed by atoms with van der Waals surface area (Å²) in [5.74, 6) is 0.263. The Balaban J connectivity index is 2.21. The number of amides is 1. The molecule has 0 saturated heterocycles. The molecule has 0 aliphatic heterocycles. The van der Waals surface area contributed by atoms with Crippen LogP contribution in [0, 0.1) is 19.8 Å². The Labute approximate surface area is 162 Å². The summed E-state index contributed by atoms with van der Waals surface area (Å²) in [4.78, 5) is 12.1. The maximum Gasteiger partial charge on any atom is 0.251 e. The lowest BCUT2D eigenvalue weighted by Gasteiger charge is -2.23. The summed E-state index contributed by atoms with van der Waals surface area (Å²) in [5.41, 5.74) is 4.18. The third-order valence-corrected chi connectivity index (χ3v) is 5.53. The van der Waals surface area contributed by atoms with Crippen LogP contribution in [0.3, 0.4) is 0 Å². The summed E-state index contributed by atoms with van der Waals surface area (Å²) in [6.07, 6.45) is 1.20. The molecule has 0 bridgehead atoms. The van der Waals surface area contributed by atoms with Crippen LogP contribution in [-0.2, 0) is 16.6 Å². The highest BCUT2D eigenvalue weighted by Crippen LogP contribution is 2.23. The average molecular weight is 389 g/mol. The number of sulfonamides is 1. The Morgan fingerprint density at radius 2 is 1.67 bits per heavy atom. The minimum Gasteiger partial charge on any atom is -0.352 e. The highest BCUT2D eigenvalue weighted by atomic mass is 32.2. The van der Waals surface area contributed by atoms with Gasteiger partial charge in [-0.25, -0.2) is 8.42 Å². The Kier molecular flexibility index (Phi) is 6.65. The van der Waals surface area contributed by atoms with Gasteiger partial charge in [0.2, 0.25) is 10.0 Å². The van der Waals surface area contributed by atoms with Crippen molar-refractivity contribution in [2.45, 2.75) is 34.2 Å². The van der Waals surface area contributed by atoms with E-state index >= 15 is 0 Å². The van der Waals surface area contributed by atoms with Gasteiger partial charge in [0, 0.05) is 12.1 Å². The van der Waals surface area contributed by atoms with Crippen molar-refractivity contribution in [1.29, 1.82) is 0 Å². The van der Waals surface area contributed by atoms with Gasteiger partial charge in [0.05, 0.1) is 18.5 Å². The molecule has 0 spiro atoms. The first-order chi connectivity index (χ1) is 12.6. The SMILES string of the molecule is Cc1ccc(N(Cc2ccc(C(=O)NCC(C)C)cc2)S(C)(=O)=O)cc1C. The van der Waals surface area contributed by atoms with Crippen LogP contribution in [0.4, 0.5) is 5.69 Å². The van der Waals surface area contributed by atoms with Gasteiger partial charge < -0.3 is 5.32 Å². The quantitative estimate of drug-likeness (QED) is 0.787. The molecule has 2 rings (SSSR count). The van der Waals surface area contributed by atoms with Gasteiger partial charge >= 0.3 is 0 Å². The van der Waals surface area contributed by atoms with Crippen LogP contribution in [-0.4, -0.2) is 27.1 Å². The van der Waals surface area contributed by atoms with Crippen molar-refractivity contribution in [2.75, 3.05) is 17.1 Å². The summed E-state index contributed by atoms with van der Waals surface area (Å²) in [7, 11) is -3.44. The van der Waals surface area contributed by atoms with Crippen LogP contribution in [0.1, 0.15) is 40.9 Å². The maximum atomic E-state index is 12.3. The first-order valence-electron chi connectivity index (χ1n) is 9.00. The van der Waals surface area contributed by atoms with Gasteiger partial charge in [-0.2, -0.15) is 0 Å². The highest BCUT2D eigenvalue weighted by Gasteiger charge is 2.18. The molecule has 146 valence electrons. The molecule has 27 heavy (non-hydrogen) atoms. The van der Waals surface area contributed by atoms with Crippen molar-refractivity contribution in [2.24, 2.45) is 5.92 Å². The number of carbonyl (C=O) groups is 1. The van der Waals surface area contributed by atoms with Crippen LogP contribution < -0.4 is 9.62 Å². The number of rotatable bonds is 7. The monoisotopic (exact) mass is 388 g/mol. The number of nitrogens with one attached hydrogen (secondary N) is 1. The molecule has 0 saturated carbocycles. The molecule has 0 unspecified atom stereocenters. The number of benzene rings is 2. The smallest absolute Gasteiger partial charge is 0.251 e. The lowest BCUT2D eigenvalue weighted by molar-refractivity contribution is 0.0949. The lowest BCUT2D eigenvalue weighted by atomic mass is 10.1. The molecule has 2 aromatic carbocycles. The van der Waals surface area contributed by atoms with Crippen molar-refractivity contribution in [1.82, 2.24) is 5.32 Å². The van der Waals surface area contributed by atoms with Crippen LogP contribution in [0.25, 0.3) is 0 Å². The number of hydrogen-bond acceptors (Lipinski definition) is 3. The minimum atomic E-state index is -3.44. The van der Waals surface area contributed by atoms with Crippen molar-refractivity contribution < 1.29 is 13.2 Å². The number of carbonyl (C=O) groups excluding carboxylic acids is 1. The normalized spacial score (nSPS) is 11.5. The Bertz CT molecular complexity index is 904. The fourth-order valence-corrected chi connectivity index (χ4v) is 3.49. The standard InChI is InChI=1S/C21H28N2O3S/c1-15(2)13-22-21(24)19-9-7-18(8-10-19)14-23(27(5,25)26)20-11-6-16(3)17(4)12-20/h6-12,15H,13-14H2,1-5H3,(H,22,24). The summed E-state index contributed by atoms with van der Waals surface area (Å²) in [5, 5.41) is 2.87. The Hall–Kier alpha value is -2.34. The third-order valence-electron chi connectivity index (χ3n) is 4.39. The number of hydrogen-bond donors (Lipinski definition) is 1. The van der Waals surface area contributed by atoms with Gasteiger partial charge in [-0.05, 0) is 60.7 Å². The van der Waals surface area contributed by atoms with Crippen LogP contribution in [0.15, 0.2) is 42.5 Å². The van der Waals surface area contributed by atoms with Gasteiger partial charge in [-0.1, -0.05) is 32.0 Å². The summed E-state index contributed by atoms with van der Waals surface area (Å²) < 4.78 is 26.0. The molecule has 6 heteroatoms. The van der Waals surface area contributed by atoms with E-state index in [1.54, 1.807) is 24.3 Å². The topological polar surface area (TPSA) is 66.5 Å². The van der Waals surface area contributed by atoms with Crippen LogP contribution >= 0.6 is 0 Å². The first kappa shape index (κ1) is 21.0. The second-order valence-corrected chi connectivity index (χ2v) is 9.25. The van der Waals surface area contributed by atoms with Gasteiger partial charge in [0.15, 0.2) is 0 Å². The fraction of sp³-hybridized carbons (Fsp3) is 0.381.